The maximum Gasteiger partial charge on any atom is 0.254 e. The molecule has 0 saturated heterocycles. The van der Waals surface area contributed by atoms with Crippen LogP contribution in [-0.4, -0.2) is 17.4 Å². The number of hydrogen-bond donors (Lipinski definition) is 1. The van der Waals surface area contributed by atoms with Crippen molar-refractivity contribution in [2.24, 2.45) is 0 Å². The molecule has 1 amide bonds. The molecular weight excluding hydrogens is 352 g/mol. The van der Waals surface area contributed by atoms with Crippen LogP contribution in [0.4, 0.5) is 5.69 Å². The Labute approximate surface area is 137 Å². The number of carbonyl (C=O) groups excluding carboxylic acids is 1. The molecule has 0 heterocycles. The fourth-order valence-electron chi connectivity index (χ4n) is 2.02. The molecule has 0 aliphatic rings. The van der Waals surface area contributed by atoms with E-state index in [9.17, 15) is 4.79 Å². The molecule has 0 bridgehead atoms. The molecule has 0 fully saturated rings. The van der Waals surface area contributed by atoms with Crippen LogP contribution in [0.15, 0.2) is 46.9 Å². The number of rotatable bonds is 4. The van der Waals surface area contributed by atoms with Gasteiger partial charge in [-0.15, -0.1) is 0 Å². The fraction of sp³-hybridized carbons (Fsp3) is 0.188. The highest BCUT2D eigenvalue weighted by molar-refractivity contribution is 9.10. The Balaban J connectivity index is 2.22. The van der Waals surface area contributed by atoms with Crippen LogP contribution in [0.25, 0.3) is 0 Å². The summed E-state index contributed by atoms with van der Waals surface area (Å²) in [5.41, 5.74) is 7.89. The molecule has 0 unspecified atom stereocenters. The smallest absolute Gasteiger partial charge is 0.254 e. The zero-order valence-electron chi connectivity index (χ0n) is 11.6. The minimum atomic E-state index is -0.0587. The lowest BCUT2D eigenvalue weighted by Gasteiger charge is -2.22. The van der Waals surface area contributed by atoms with Crippen molar-refractivity contribution in [3.63, 3.8) is 0 Å². The summed E-state index contributed by atoms with van der Waals surface area (Å²) in [6.07, 6.45) is 0. The molecule has 2 rings (SSSR count). The van der Waals surface area contributed by atoms with Gasteiger partial charge in [0, 0.05) is 33.8 Å². The molecule has 2 aromatic rings. The largest absolute Gasteiger partial charge is 0.398 e. The number of anilines is 1. The second kappa shape index (κ2) is 6.96. The number of nitrogens with two attached hydrogens (primary N) is 1. The van der Waals surface area contributed by atoms with E-state index in [1.165, 1.54) is 0 Å². The fourth-order valence-corrected chi connectivity index (χ4v) is 2.46. The molecule has 21 heavy (non-hydrogen) atoms. The summed E-state index contributed by atoms with van der Waals surface area (Å²) in [6, 6.07) is 12.8. The third kappa shape index (κ3) is 3.77. The van der Waals surface area contributed by atoms with Gasteiger partial charge < -0.3 is 10.6 Å². The Hall–Kier alpha value is -1.52. The van der Waals surface area contributed by atoms with E-state index in [1.54, 1.807) is 23.1 Å². The van der Waals surface area contributed by atoms with Crippen molar-refractivity contribution >= 4 is 39.1 Å². The second-order valence-corrected chi connectivity index (χ2v) is 5.91. The predicted octanol–water partition coefficient (Wildman–Crippen LogP) is 4.35. The maximum absolute atomic E-state index is 12.6. The normalized spacial score (nSPS) is 10.4. The molecular formula is C16H16BrClN2O. The van der Waals surface area contributed by atoms with Crippen molar-refractivity contribution < 1.29 is 4.79 Å². The van der Waals surface area contributed by atoms with Crippen molar-refractivity contribution in [2.45, 2.75) is 13.5 Å². The van der Waals surface area contributed by atoms with Crippen LogP contribution in [0.3, 0.4) is 0 Å². The van der Waals surface area contributed by atoms with Crippen molar-refractivity contribution in [1.29, 1.82) is 0 Å². The molecule has 0 spiro atoms. The minimum absolute atomic E-state index is 0.0587. The Morgan fingerprint density at radius 3 is 2.62 bits per heavy atom. The summed E-state index contributed by atoms with van der Waals surface area (Å²) in [6.45, 7) is 3.02. The first-order valence-corrected chi connectivity index (χ1v) is 7.77. The van der Waals surface area contributed by atoms with Crippen LogP contribution >= 0.6 is 27.5 Å². The highest BCUT2D eigenvalue weighted by Crippen LogP contribution is 2.22. The number of carbonyl (C=O) groups is 1. The summed E-state index contributed by atoms with van der Waals surface area (Å²) in [4.78, 5) is 14.3. The number of nitrogen functional groups attached to an aromatic ring is 1. The summed E-state index contributed by atoms with van der Waals surface area (Å²) in [7, 11) is 0. The first kappa shape index (κ1) is 15.9. The molecule has 2 aromatic carbocycles. The highest BCUT2D eigenvalue weighted by Gasteiger charge is 2.16. The molecule has 0 aliphatic heterocycles. The van der Waals surface area contributed by atoms with Gasteiger partial charge in [0.1, 0.15) is 0 Å². The van der Waals surface area contributed by atoms with Crippen LogP contribution in [0.2, 0.25) is 5.02 Å². The van der Waals surface area contributed by atoms with E-state index in [-0.39, 0.29) is 5.91 Å². The summed E-state index contributed by atoms with van der Waals surface area (Å²) >= 11 is 9.49. The van der Waals surface area contributed by atoms with E-state index in [0.717, 1.165) is 10.0 Å². The Bertz CT molecular complexity index is 660. The van der Waals surface area contributed by atoms with Crippen molar-refractivity contribution in [3.05, 3.63) is 63.1 Å². The molecule has 110 valence electrons. The number of benzene rings is 2. The molecule has 2 N–H and O–H groups in total. The number of nitrogens with zero attached hydrogens (tertiary/aromatic N) is 1. The van der Waals surface area contributed by atoms with Gasteiger partial charge in [0.25, 0.3) is 5.91 Å². The van der Waals surface area contributed by atoms with Crippen LogP contribution in [0.1, 0.15) is 22.8 Å². The quantitative estimate of drug-likeness (QED) is 0.817. The lowest BCUT2D eigenvalue weighted by molar-refractivity contribution is 0.0752. The standard InChI is InChI=1S/C16H16BrClN2O/c1-2-20(10-12-5-3-4-6-14(12)18)16(21)11-7-8-13(17)15(19)9-11/h3-9H,2,10,19H2,1H3. The summed E-state index contributed by atoms with van der Waals surface area (Å²) in [5, 5.41) is 0.666. The monoisotopic (exact) mass is 366 g/mol. The molecule has 5 heteroatoms. The van der Waals surface area contributed by atoms with E-state index in [2.05, 4.69) is 15.9 Å². The Morgan fingerprint density at radius 2 is 2.00 bits per heavy atom. The average Bonchev–Trinajstić information content (AvgIpc) is 2.48. The van der Waals surface area contributed by atoms with Crippen molar-refractivity contribution in [1.82, 2.24) is 4.90 Å². The van der Waals surface area contributed by atoms with E-state index in [1.807, 2.05) is 31.2 Å². The number of hydrogen-bond acceptors (Lipinski definition) is 2. The molecule has 0 aliphatic carbocycles. The van der Waals surface area contributed by atoms with E-state index < -0.39 is 0 Å². The van der Waals surface area contributed by atoms with E-state index in [4.69, 9.17) is 17.3 Å². The van der Waals surface area contributed by atoms with Gasteiger partial charge in [-0.1, -0.05) is 29.8 Å². The number of halogens is 2. The Kier molecular flexibility index (Phi) is 5.26. The van der Waals surface area contributed by atoms with Gasteiger partial charge in [-0.05, 0) is 52.7 Å². The van der Waals surface area contributed by atoms with Crippen molar-refractivity contribution in [2.75, 3.05) is 12.3 Å². The van der Waals surface area contributed by atoms with Crippen molar-refractivity contribution in [3.8, 4) is 0 Å². The molecule has 0 atom stereocenters. The molecule has 3 nitrogen and oxygen atoms in total. The van der Waals surface area contributed by atoms with Crippen LogP contribution in [0.5, 0.6) is 0 Å². The van der Waals surface area contributed by atoms with Gasteiger partial charge in [-0.25, -0.2) is 0 Å². The summed E-state index contributed by atoms with van der Waals surface area (Å²) in [5.74, 6) is -0.0587. The zero-order valence-corrected chi connectivity index (χ0v) is 14.0. The molecule has 0 radical (unpaired) electrons. The van der Waals surface area contributed by atoms with Crippen LogP contribution < -0.4 is 5.73 Å². The third-order valence-electron chi connectivity index (χ3n) is 3.23. The molecule has 0 aromatic heterocycles. The lowest BCUT2D eigenvalue weighted by Crippen LogP contribution is -2.30. The first-order chi connectivity index (χ1) is 10.0. The highest BCUT2D eigenvalue weighted by atomic mass is 79.9. The van der Waals surface area contributed by atoms with E-state index >= 15 is 0 Å². The van der Waals surface area contributed by atoms with Gasteiger partial charge in [-0.3, -0.25) is 4.79 Å². The lowest BCUT2D eigenvalue weighted by atomic mass is 10.1. The van der Waals surface area contributed by atoms with Gasteiger partial charge in [0.2, 0.25) is 0 Å². The Morgan fingerprint density at radius 1 is 1.29 bits per heavy atom. The minimum Gasteiger partial charge on any atom is -0.398 e. The number of amides is 1. The maximum atomic E-state index is 12.6. The van der Waals surface area contributed by atoms with Crippen LogP contribution in [0, 0.1) is 0 Å². The average molecular weight is 368 g/mol. The third-order valence-corrected chi connectivity index (χ3v) is 4.32. The predicted molar refractivity (Wildman–Crippen MR) is 90.4 cm³/mol. The van der Waals surface area contributed by atoms with Gasteiger partial charge in [0.05, 0.1) is 0 Å². The van der Waals surface area contributed by atoms with Gasteiger partial charge in [-0.2, -0.15) is 0 Å². The topological polar surface area (TPSA) is 46.3 Å². The molecule has 0 saturated carbocycles. The second-order valence-electron chi connectivity index (χ2n) is 4.65. The summed E-state index contributed by atoms with van der Waals surface area (Å²) < 4.78 is 0.785. The van der Waals surface area contributed by atoms with Gasteiger partial charge in [0.15, 0.2) is 0 Å². The van der Waals surface area contributed by atoms with Gasteiger partial charge >= 0.3 is 0 Å². The first-order valence-electron chi connectivity index (χ1n) is 6.60. The zero-order chi connectivity index (χ0) is 15.4. The van der Waals surface area contributed by atoms with Crippen LogP contribution in [-0.2, 0) is 6.54 Å². The van der Waals surface area contributed by atoms with E-state index in [0.29, 0.717) is 29.4 Å². The SMILES string of the molecule is CCN(Cc1ccccc1Cl)C(=O)c1ccc(Br)c(N)c1.